The molecule has 5 rings (SSSR count). The van der Waals surface area contributed by atoms with E-state index in [1.165, 1.54) is 4.31 Å². The van der Waals surface area contributed by atoms with Crippen LogP contribution >= 0.6 is 0 Å². The number of amides is 2. The molecule has 2 aliphatic heterocycles. The first kappa shape index (κ1) is 28.9. The van der Waals surface area contributed by atoms with E-state index in [9.17, 15) is 18.0 Å². The van der Waals surface area contributed by atoms with E-state index in [1.54, 1.807) is 41.6 Å². The highest BCUT2D eigenvalue weighted by Crippen LogP contribution is 2.39. The van der Waals surface area contributed by atoms with Crippen LogP contribution in [-0.2, 0) is 26.3 Å². The Balaban J connectivity index is 1.01. The van der Waals surface area contributed by atoms with Crippen LogP contribution in [0.4, 0.5) is 15.4 Å². The highest BCUT2D eigenvalue weighted by atomic mass is 32.2. The van der Waals surface area contributed by atoms with E-state index in [-0.39, 0.29) is 31.4 Å². The number of carbonyl (C=O) groups excluding carboxylic acids is 2. The molecule has 0 atom stereocenters. The second-order valence-corrected chi connectivity index (χ2v) is 12.5. The Morgan fingerprint density at radius 2 is 1.71 bits per heavy atom. The summed E-state index contributed by atoms with van der Waals surface area (Å²) >= 11 is 0. The zero-order valence-electron chi connectivity index (χ0n) is 23.1. The SMILES string of the molecule is CC1(OC(=O)N2CCC(COc3cnc(N4CCN(S(=O)(=O)NC(=O)OCc5ccccc5)CC4)cn3)CC2)CC1. The molecular formula is C27H36N6O7S. The van der Waals surface area contributed by atoms with E-state index in [0.29, 0.717) is 50.4 Å². The highest BCUT2D eigenvalue weighted by Gasteiger charge is 2.43. The largest absolute Gasteiger partial charge is 0.476 e. The van der Waals surface area contributed by atoms with Crippen LogP contribution < -0.4 is 14.4 Å². The van der Waals surface area contributed by atoms with Crippen molar-refractivity contribution >= 4 is 28.2 Å². The lowest BCUT2D eigenvalue weighted by Crippen LogP contribution is -2.53. The fourth-order valence-corrected chi connectivity index (χ4v) is 5.71. The van der Waals surface area contributed by atoms with Crippen LogP contribution in [0, 0.1) is 5.92 Å². The molecule has 1 N–H and O–H groups in total. The molecule has 2 saturated heterocycles. The summed E-state index contributed by atoms with van der Waals surface area (Å²) in [6.45, 7) is 4.85. The molecule has 1 aromatic carbocycles. The standard InChI is InChI=1S/C27H36N6O7S/c1-27(9-10-27)40-26(35)32-11-7-22(8-12-32)19-38-24-18-28-23(17-29-24)31-13-15-33(16-14-31)41(36,37)30-25(34)39-20-21-5-3-2-4-6-21/h2-6,17-18,22H,7-16,19-20H2,1H3,(H,30,34). The Labute approximate surface area is 240 Å². The first-order chi connectivity index (χ1) is 19.7. The van der Waals surface area contributed by atoms with Crippen molar-refractivity contribution < 1.29 is 32.2 Å². The van der Waals surface area contributed by atoms with Gasteiger partial charge in [0.15, 0.2) is 0 Å². The zero-order valence-corrected chi connectivity index (χ0v) is 23.9. The third-order valence-corrected chi connectivity index (χ3v) is 9.04. The van der Waals surface area contributed by atoms with Gasteiger partial charge in [0.25, 0.3) is 0 Å². The number of piperazine rings is 1. The molecule has 0 radical (unpaired) electrons. The molecule has 0 unspecified atom stereocenters. The lowest BCUT2D eigenvalue weighted by Gasteiger charge is -2.34. The number of carbonyl (C=O) groups is 2. The summed E-state index contributed by atoms with van der Waals surface area (Å²) in [5, 5.41) is 0. The van der Waals surface area contributed by atoms with Crippen molar-refractivity contribution in [2.45, 2.75) is 44.8 Å². The number of hydrogen-bond acceptors (Lipinski definition) is 10. The van der Waals surface area contributed by atoms with Crippen LogP contribution in [0.25, 0.3) is 0 Å². The number of rotatable bonds is 9. The van der Waals surface area contributed by atoms with Crippen LogP contribution in [0.2, 0.25) is 0 Å². The average Bonchev–Trinajstić information content (AvgIpc) is 3.72. The Kier molecular flexibility index (Phi) is 8.78. The Bertz CT molecular complexity index is 1290. The van der Waals surface area contributed by atoms with Gasteiger partial charge in [0, 0.05) is 39.3 Å². The van der Waals surface area contributed by atoms with Gasteiger partial charge in [-0.25, -0.2) is 24.3 Å². The number of benzene rings is 1. The molecule has 2 amide bonds. The lowest BCUT2D eigenvalue weighted by atomic mass is 9.98. The predicted molar refractivity (Wildman–Crippen MR) is 148 cm³/mol. The quantitative estimate of drug-likeness (QED) is 0.464. The maximum atomic E-state index is 12.6. The van der Waals surface area contributed by atoms with Gasteiger partial charge in [-0.15, -0.1) is 0 Å². The van der Waals surface area contributed by atoms with E-state index in [0.717, 1.165) is 31.2 Å². The van der Waals surface area contributed by atoms with Gasteiger partial charge in [-0.3, -0.25) is 0 Å². The van der Waals surface area contributed by atoms with Gasteiger partial charge in [0.2, 0.25) is 5.88 Å². The molecule has 0 bridgehead atoms. The smallest absolute Gasteiger partial charge is 0.422 e. The van der Waals surface area contributed by atoms with Gasteiger partial charge in [-0.1, -0.05) is 30.3 Å². The van der Waals surface area contributed by atoms with Gasteiger partial charge in [0.1, 0.15) is 18.0 Å². The third kappa shape index (κ3) is 7.97. The van der Waals surface area contributed by atoms with E-state index in [4.69, 9.17) is 14.2 Å². The fourth-order valence-electron chi connectivity index (χ4n) is 4.67. The minimum absolute atomic E-state index is 0.0242. The van der Waals surface area contributed by atoms with Crippen molar-refractivity contribution in [3.05, 3.63) is 48.3 Å². The normalized spacial score (nSPS) is 19.3. The van der Waals surface area contributed by atoms with E-state index in [1.807, 2.05) is 22.6 Å². The van der Waals surface area contributed by atoms with E-state index < -0.39 is 16.3 Å². The molecule has 41 heavy (non-hydrogen) atoms. The molecule has 3 heterocycles. The van der Waals surface area contributed by atoms with Crippen LogP contribution in [0.5, 0.6) is 5.88 Å². The topological polar surface area (TPSA) is 144 Å². The summed E-state index contributed by atoms with van der Waals surface area (Å²) in [7, 11) is -4.03. The number of likely N-dealkylation sites (tertiary alicyclic amines) is 1. The highest BCUT2D eigenvalue weighted by molar-refractivity contribution is 7.87. The number of nitrogens with one attached hydrogen (secondary N) is 1. The van der Waals surface area contributed by atoms with E-state index >= 15 is 0 Å². The minimum atomic E-state index is -4.03. The summed E-state index contributed by atoms with van der Waals surface area (Å²) in [6.07, 6.45) is 5.48. The first-order valence-corrected chi connectivity index (χ1v) is 15.3. The number of nitrogens with zero attached hydrogens (tertiary/aromatic N) is 5. The Hall–Kier alpha value is -3.65. The van der Waals surface area contributed by atoms with Crippen molar-refractivity contribution in [3.8, 4) is 5.88 Å². The minimum Gasteiger partial charge on any atom is -0.476 e. The number of hydrogen-bond donors (Lipinski definition) is 1. The summed E-state index contributed by atoms with van der Waals surface area (Å²) < 4.78 is 44.9. The molecule has 1 saturated carbocycles. The molecule has 1 aliphatic carbocycles. The molecular weight excluding hydrogens is 552 g/mol. The maximum Gasteiger partial charge on any atom is 0.422 e. The number of piperidine rings is 1. The summed E-state index contributed by atoms with van der Waals surface area (Å²) in [6, 6.07) is 9.01. The van der Waals surface area contributed by atoms with Gasteiger partial charge in [-0.2, -0.15) is 12.7 Å². The number of ether oxygens (including phenoxy) is 3. The van der Waals surface area contributed by atoms with Gasteiger partial charge in [0.05, 0.1) is 19.0 Å². The Morgan fingerprint density at radius 1 is 1.00 bits per heavy atom. The second kappa shape index (κ2) is 12.5. The van der Waals surface area contributed by atoms with Crippen molar-refractivity contribution in [2.24, 2.45) is 5.92 Å². The van der Waals surface area contributed by atoms with Crippen LogP contribution in [-0.4, -0.2) is 91.3 Å². The molecule has 2 aromatic rings. The van der Waals surface area contributed by atoms with Crippen molar-refractivity contribution in [2.75, 3.05) is 50.8 Å². The Morgan fingerprint density at radius 3 is 2.34 bits per heavy atom. The summed E-state index contributed by atoms with van der Waals surface area (Å²) in [5.41, 5.74) is 0.497. The number of anilines is 1. The summed E-state index contributed by atoms with van der Waals surface area (Å²) in [4.78, 5) is 36.8. The van der Waals surface area contributed by atoms with Crippen LogP contribution in [0.15, 0.2) is 42.7 Å². The molecule has 13 nitrogen and oxygen atoms in total. The van der Waals surface area contributed by atoms with Gasteiger partial charge < -0.3 is 24.0 Å². The van der Waals surface area contributed by atoms with Crippen molar-refractivity contribution in [1.82, 2.24) is 23.9 Å². The average molecular weight is 589 g/mol. The molecule has 14 heteroatoms. The molecule has 222 valence electrons. The van der Waals surface area contributed by atoms with Gasteiger partial charge >= 0.3 is 22.4 Å². The second-order valence-electron chi connectivity index (χ2n) is 10.8. The summed E-state index contributed by atoms with van der Waals surface area (Å²) in [5.74, 6) is 1.34. The monoisotopic (exact) mass is 588 g/mol. The van der Waals surface area contributed by atoms with Crippen LogP contribution in [0.1, 0.15) is 38.2 Å². The maximum absolute atomic E-state index is 12.6. The number of aromatic nitrogens is 2. The molecule has 1 aromatic heterocycles. The molecule has 3 fully saturated rings. The van der Waals surface area contributed by atoms with E-state index in [2.05, 4.69) is 9.97 Å². The van der Waals surface area contributed by atoms with Crippen molar-refractivity contribution in [1.29, 1.82) is 0 Å². The predicted octanol–water partition coefficient (Wildman–Crippen LogP) is 2.55. The molecule has 3 aliphatic rings. The van der Waals surface area contributed by atoms with Crippen LogP contribution in [0.3, 0.4) is 0 Å². The third-order valence-electron chi connectivity index (χ3n) is 7.57. The molecule has 0 spiro atoms. The van der Waals surface area contributed by atoms with Crippen molar-refractivity contribution in [3.63, 3.8) is 0 Å². The lowest BCUT2D eigenvalue weighted by molar-refractivity contribution is 0.0454. The zero-order chi connectivity index (χ0) is 28.9. The van der Waals surface area contributed by atoms with Gasteiger partial charge in [-0.05, 0) is 44.1 Å². The first-order valence-electron chi connectivity index (χ1n) is 13.9. The fraction of sp³-hybridized carbons (Fsp3) is 0.556.